The van der Waals surface area contributed by atoms with Crippen LogP contribution in [0.3, 0.4) is 0 Å². The highest BCUT2D eigenvalue weighted by Crippen LogP contribution is 2.28. The fourth-order valence-electron chi connectivity index (χ4n) is 4.26. The molecule has 9 heteroatoms. The number of amides is 2. The number of sulfonamides is 1. The lowest BCUT2D eigenvalue weighted by atomic mass is 10.0. The van der Waals surface area contributed by atoms with Crippen LogP contribution in [0.5, 0.6) is 0 Å². The van der Waals surface area contributed by atoms with Gasteiger partial charge in [0.1, 0.15) is 0 Å². The average Bonchev–Trinajstić information content (AvgIpc) is 3.05. The van der Waals surface area contributed by atoms with Crippen molar-refractivity contribution in [3.63, 3.8) is 0 Å². The molecule has 2 aromatic carbocycles. The topological polar surface area (TPSA) is 78.0 Å². The molecule has 1 saturated heterocycles. The molecule has 0 aliphatic carbocycles. The Morgan fingerprint density at radius 1 is 0.906 bits per heavy atom. The van der Waals surface area contributed by atoms with E-state index in [-0.39, 0.29) is 27.3 Å². The fourth-order valence-corrected chi connectivity index (χ4v) is 5.90. The summed E-state index contributed by atoms with van der Waals surface area (Å²) >= 11 is 6.31. The van der Waals surface area contributed by atoms with Crippen molar-refractivity contribution in [2.24, 2.45) is 0 Å². The fraction of sp³-hybridized carbons (Fsp3) is 0.391. The van der Waals surface area contributed by atoms with Crippen molar-refractivity contribution in [3.05, 3.63) is 64.2 Å². The van der Waals surface area contributed by atoms with Crippen LogP contribution in [0.25, 0.3) is 0 Å². The van der Waals surface area contributed by atoms with Crippen molar-refractivity contribution in [1.29, 1.82) is 0 Å². The van der Waals surface area contributed by atoms with Crippen LogP contribution >= 0.6 is 11.6 Å². The summed E-state index contributed by atoms with van der Waals surface area (Å²) in [7, 11) is -3.78. The molecule has 4 rings (SSSR count). The zero-order valence-corrected chi connectivity index (χ0v) is 19.5. The van der Waals surface area contributed by atoms with Crippen LogP contribution in [0.2, 0.25) is 5.02 Å². The summed E-state index contributed by atoms with van der Waals surface area (Å²) in [5, 5.41) is 0.214. The molecule has 0 bridgehead atoms. The van der Waals surface area contributed by atoms with Gasteiger partial charge in [0.15, 0.2) is 0 Å². The Balaban J connectivity index is 1.57. The van der Waals surface area contributed by atoms with E-state index in [1.807, 2.05) is 24.3 Å². The van der Waals surface area contributed by atoms with Gasteiger partial charge in [-0.1, -0.05) is 35.9 Å². The maximum Gasteiger partial charge on any atom is 0.255 e. The number of carbonyl (C=O) groups excluding carboxylic acids is 2. The Labute approximate surface area is 193 Å². The smallest absolute Gasteiger partial charge is 0.255 e. The molecule has 0 aromatic heterocycles. The molecule has 170 valence electrons. The first-order valence-corrected chi connectivity index (χ1v) is 12.5. The normalized spacial score (nSPS) is 17.6. The minimum absolute atomic E-state index is 0.0199. The van der Waals surface area contributed by atoms with Gasteiger partial charge >= 0.3 is 0 Å². The lowest BCUT2D eigenvalue weighted by molar-refractivity contribution is -0.128. The van der Waals surface area contributed by atoms with E-state index in [1.165, 1.54) is 29.4 Å². The predicted octanol–water partition coefficient (Wildman–Crippen LogP) is 2.78. The standard InChI is InChI=1S/C23H26ClN3O4S/c1-17(28)25-10-4-11-26(14-13-25)23(29)21-15-20(7-8-22(21)24)32(30,31)27-12-9-18-5-2-3-6-19(18)16-27/h2-3,5-8,15H,4,9-14,16H2,1H3. The molecule has 2 heterocycles. The number of nitrogens with zero attached hydrogens (tertiary/aromatic N) is 3. The molecule has 2 amide bonds. The summed E-state index contributed by atoms with van der Waals surface area (Å²) in [5.74, 6) is -0.338. The van der Waals surface area contributed by atoms with Crippen LogP contribution in [-0.2, 0) is 27.8 Å². The van der Waals surface area contributed by atoms with Gasteiger partial charge in [-0.2, -0.15) is 4.31 Å². The lowest BCUT2D eigenvalue weighted by Crippen LogP contribution is -2.37. The first kappa shape index (κ1) is 22.8. The van der Waals surface area contributed by atoms with Crippen LogP contribution in [-0.4, -0.2) is 67.1 Å². The van der Waals surface area contributed by atoms with Crippen molar-refractivity contribution >= 4 is 33.4 Å². The van der Waals surface area contributed by atoms with Gasteiger partial charge in [-0.25, -0.2) is 8.42 Å². The second-order valence-electron chi connectivity index (χ2n) is 8.15. The number of benzene rings is 2. The van der Waals surface area contributed by atoms with Crippen LogP contribution in [0.1, 0.15) is 34.8 Å². The number of hydrogen-bond acceptors (Lipinski definition) is 4. The number of carbonyl (C=O) groups is 2. The summed E-state index contributed by atoms with van der Waals surface area (Å²) in [6.07, 6.45) is 1.31. The van der Waals surface area contributed by atoms with E-state index >= 15 is 0 Å². The second kappa shape index (κ2) is 9.21. The monoisotopic (exact) mass is 475 g/mol. The van der Waals surface area contributed by atoms with Crippen molar-refractivity contribution in [2.45, 2.75) is 31.2 Å². The Morgan fingerprint density at radius 2 is 1.59 bits per heavy atom. The van der Waals surface area contributed by atoms with Crippen LogP contribution in [0.4, 0.5) is 0 Å². The third-order valence-electron chi connectivity index (χ3n) is 6.13. The van der Waals surface area contributed by atoms with E-state index in [1.54, 1.807) is 9.80 Å². The maximum absolute atomic E-state index is 13.3. The van der Waals surface area contributed by atoms with Gasteiger partial charge in [0.05, 0.1) is 15.5 Å². The molecule has 1 fully saturated rings. The summed E-state index contributed by atoms with van der Waals surface area (Å²) in [6.45, 7) is 4.12. The molecular weight excluding hydrogens is 450 g/mol. The molecule has 0 saturated carbocycles. The zero-order chi connectivity index (χ0) is 22.9. The number of rotatable bonds is 3. The van der Waals surface area contributed by atoms with Crippen molar-refractivity contribution in [2.75, 3.05) is 32.7 Å². The Hall–Kier alpha value is -2.42. The number of fused-ring (bicyclic) bond motifs is 1. The minimum atomic E-state index is -3.78. The molecule has 2 aliphatic heterocycles. The number of hydrogen-bond donors (Lipinski definition) is 0. The van der Waals surface area contributed by atoms with Gasteiger partial charge in [0.25, 0.3) is 5.91 Å². The summed E-state index contributed by atoms with van der Waals surface area (Å²) in [4.78, 5) is 28.3. The van der Waals surface area contributed by atoms with Crippen molar-refractivity contribution in [3.8, 4) is 0 Å². The highest BCUT2D eigenvalue weighted by Gasteiger charge is 2.30. The molecule has 7 nitrogen and oxygen atoms in total. The Bertz CT molecular complexity index is 1150. The SMILES string of the molecule is CC(=O)N1CCCN(C(=O)c2cc(S(=O)(=O)N3CCc4ccccc4C3)ccc2Cl)CC1. The van der Waals surface area contributed by atoms with Gasteiger partial charge in [-0.05, 0) is 42.2 Å². The van der Waals surface area contributed by atoms with E-state index in [0.717, 1.165) is 11.1 Å². The minimum Gasteiger partial charge on any atom is -0.341 e. The first-order valence-electron chi connectivity index (χ1n) is 10.7. The first-order chi connectivity index (χ1) is 15.3. The molecule has 0 spiro atoms. The van der Waals surface area contributed by atoms with Gasteiger partial charge in [-0.15, -0.1) is 0 Å². The Kier molecular flexibility index (Phi) is 6.55. The molecule has 0 N–H and O–H groups in total. The van der Waals surface area contributed by atoms with E-state index in [0.29, 0.717) is 52.1 Å². The van der Waals surface area contributed by atoms with Gasteiger partial charge in [0, 0.05) is 46.2 Å². The molecule has 0 unspecified atom stereocenters. The molecular formula is C23H26ClN3O4S. The second-order valence-corrected chi connectivity index (χ2v) is 10.5. The van der Waals surface area contributed by atoms with E-state index in [4.69, 9.17) is 11.6 Å². The average molecular weight is 476 g/mol. The third-order valence-corrected chi connectivity index (χ3v) is 8.30. The third kappa shape index (κ3) is 4.53. The number of halogens is 1. The molecule has 0 atom stereocenters. The Morgan fingerprint density at radius 3 is 2.34 bits per heavy atom. The molecule has 2 aromatic rings. The maximum atomic E-state index is 13.3. The highest BCUT2D eigenvalue weighted by atomic mass is 35.5. The van der Waals surface area contributed by atoms with Gasteiger partial charge in [-0.3, -0.25) is 9.59 Å². The van der Waals surface area contributed by atoms with Gasteiger partial charge in [0.2, 0.25) is 15.9 Å². The summed E-state index contributed by atoms with van der Waals surface area (Å²) in [6, 6.07) is 12.1. The van der Waals surface area contributed by atoms with E-state index in [9.17, 15) is 18.0 Å². The highest BCUT2D eigenvalue weighted by molar-refractivity contribution is 7.89. The van der Waals surface area contributed by atoms with E-state index in [2.05, 4.69) is 0 Å². The zero-order valence-electron chi connectivity index (χ0n) is 18.0. The molecule has 32 heavy (non-hydrogen) atoms. The molecule has 0 radical (unpaired) electrons. The quantitative estimate of drug-likeness (QED) is 0.683. The van der Waals surface area contributed by atoms with Crippen LogP contribution < -0.4 is 0 Å². The largest absolute Gasteiger partial charge is 0.341 e. The van der Waals surface area contributed by atoms with Crippen LogP contribution in [0, 0.1) is 0 Å². The summed E-state index contributed by atoms with van der Waals surface area (Å²) < 4.78 is 28.1. The predicted molar refractivity (Wildman–Crippen MR) is 122 cm³/mol. The van der Waals surface area contributed by atoms with Crippen molar-refractivity contribution in [1.82, 2.24) is 14.1 Å². The van der Waals surface area contributed by atoms with Gasteiger partial charge < -0.3 is 9.80 Å². The van der Waals surface area contributed by atoms with Crippen molar-refractivity contribution < 1.29 is 18.0 Å². The van der Waals surface area contributed by atoms with Crippen LogP contribution in [0.15, 0.2) is 47.4 Å². The molecule has 2 aliphatic rings. The lowest BCUT2D eigenvalue weighted by Gasteiger charge is -2.28. The summed E-state index contributed by atoms with van der Waals surface area (Å²) in [5.41, 5.74) is 2.32. The van der Waals surface area contributed by atoms with E-state index < -0.39 is 10.0 Å².